The maximum Gasteiger partial charge on any atom is 0.236 e. The third-order valence-electron chi connectivity index (χ3n) is 5.08. The smallest absolute Gasteiger partial charge is 0.236 e. The van der Waals surface area contributed by atoms with Gasteiger partial charge in [-0.25, -0.2) is 0 Å². The Hall–Kier alpha value is -0.320. The lowest BCUT2D eigenvalue weighted by Crippen LogP contribution is -2.49. The summed E-state index contributed by atoms with van der Waals surface area (Å²) in [5.74, 6) is 0.352. The summed E-state index contributed by atoms with van der Waals surface area (Å²) in [4.78, 5) is 17.3. The molecule has 130 valence electrons. The molecule has 1 saturated carbocycles. The van der Waals surface area contributed by atoms with Crippen molar-refractivity contribution >= 4 is 18.3 Å². The number of carbonyl (C=O) groups is 1. The van der Waals surface area contributed by atoms with Crippen LogP contribution in [-0.2, 0) is 4.79 Å². The summed E-state index contributed by atoms with van der Waals surface area (Å²) in [6, 6.07) is 1.06. The summed E-state index contributed by atoms with van der Waals surface area (Å²) < 4.78 is 0. The SMILES string of the molecule is CCCN(CC(=O)N(CC)C1CCCCC1)C1CCNC1.Cl. The van der Waals surface area contributed by atoms with Crippen molar-refractivity contribution in [2.75, 3.05) is 32.7 Å². The molecule has 1 N–H and O–H groups in total. The number of amides is 1. The second kappa shape index (κ2) is 10.5. The zero-order valence-corrected chi connectivity index (χ0v) is 15.2. The predicted molar refractivity (Wildman–Crippen MR) is 94.6 cm³/mol. The van der Waals surface area contributed by atoms with Crippen LogP contribution in [0.25, 0.3) is 0 Å². The maximum atomic E-state index is 12.8. The Morgan fingerprint density at radius 3 is 2.36 bits per heavy atom. The van der Waals surface area contributed by atoms with Gasteiger partial charge in [-0.3, -0.25) is 9.69 Å². The molecule has 4 nitrogen and oxygen atoms in total. The van der Waals surface area contributed by atoms with Gasteiger partial charge in [0.15, 0.2) is 0 Å². The summed E-state index contributed by atoms with van der Waals surface area (Å²) >= 11 is 0. The van der Waals surface area contributed by atoms with E-state index in [0.29, 0.717) is 24.5 Å². The molecule has 0 aromatic rings. The molecule has 1 heterocycles. The van der Waals surface area contributed by atoms with Gasteiger partial charge in [-0.05, 0) is 45.7 Å². The Morgan fingerprint density at radius 1 is 1.09 bits per heavy atom. The van der Waals surface area contributed by atoms with Gasteiger partial charge >= 0.3 is 0 Å². The first-order valence-corrected chi connectivity index (χ1v) is 9.00. The molecule has 2 rings (SSSR count). The van der Waals surface area contributed by atoms with Crippen LogP contribution >= 0.6 is 12.4 Å². The van der Waals surface area contributed by atoms with Crippen molar-refractivity contribution in [3.05, 3.63) is 0 Å². The van der Waals surface area contributed by atoms with Gasteiger partial charge in [0.2, 0.25) is 5.91 Å². The Bertz CT molecular complexity index is 315. The van der Waals surface area contributed by atoms with E-state index in [0.717, 1.165) is 32.6 Å². The second-order valence-electron chi connectivity index (χ2n) is 6.59. The molecule has 0 bridgehead atoms. The van der Waals surface area contributed by atoms with E-state index in [1.165, 1.54) is 38.5 Å². The second-order valence-corrected chi connectivity index (χ2v) is 6.59. The summed E-state index contributed by atoms with van der Waals surface area (Å²) in [5.41, 5.74) is 0. The third kappa shape index (κ3) is 5.39. The quantitative estimate of drug-likeness (QED) is 0.779. The summed E-state index contributed by atoms with van der Waals surface area (Å²) in [6.07, 6.45) is 8.65. The molecule has 0 aromatic carbocycles. The van der Waals surface area contributed by atoms with Crippen LogP contribution in [0.3, 0.4) is 0 Å². The van der Waals surface area contributed by atoms with Crippen LogP contribution in [0.2, 0.25) is 0 Å². The first-order chi connectivity index (χ1) is 10.3. The molecule has 22 heavy (non-hydrogen) atoms. The molecular weight excluding hydrogens is 298 g/mol. The highest BCUT2D eigenvalue weighted by atomic mass is 35.5. The average molecular weight is 332 g/mol. The Labute approximate surface area is 142 Å². The number of nitrogens with zero attached hydrogens (tertiary/aromatic N) is 2. The van der Waals surface area contributed by atoms with Crippen LogP contribution in [0.5, 0.6) is 0 Å². The number of nitrogens with one attached hydrogen (secondary N) is 1. The molecule has 1 amide bonds. The molecule has 0 spiro atoms. The fourth-order valence-electron chi connectivity index (χ4n) is 3.92. The molecule has 1 saturated heterocycles. The number of likely N-dealkylation sites (N-methyl/N-ethyl adjacent to an activating group) is 1. The third-order valence-corrected chi connectivity index (χ3v) is 5.08. The van der Waals surface area contributed by atoms with E-state index in [2.05, 4.69) is 29.0 Å². The molecule has 1 unspecified atom stereocenters. The van der Waals surface area contributed by atoms with Gasteiger partial charge in [0.05, 0.1) is 6.54 Å². The molecule has 1 aliphatic carbocycles. The van der Waals surface area contributed by atoms with Crippen LogP contribution < -0.4 is 5.32 Å². The van der Waals surface area contributed by atoms with Crippen molar-refractivity contribution in [3.8, 4) is 0 Å². The topological polar surface area (TPSA) is 35.6 Å². The zero-order valence-electron chi connectivity index (χ0n) is 14.4. The monoisotopic (exact) mass is 331 g/mol. The Balaban J connectivity index is 0.00000242. The highest BCUT2D eigenvalue weighted by Gasteiger charge is 2.28. The van der Waals surface area contributed by atoms with E-state index in [9.17, 15) is 4.79 Å². The summed E-state index contributed by atoms with van der Waals surface area (Å²) in [6.45, 7) is 9.01. The van der Waals surface area contributed by atoms with Gasteiger partial charge in [-0.15, -0.1) is 12.4 Å². The van der Waals surface area contributed by atoms with Crippen molar-refractivity contribution in [2.45, 2.75) is 70.9 Å². The van der Waals surface area contributed by atoms with E-state index in [-0.39, 0.29) is 12.4 Å². The van der Waals surface area contributed by atoms with Crippen molar-refractivity contribution in [1.29, 1.82) is 0 Å². The number of carbonyl (C=O) groups excluding carboxylic acids is 1. The van der Waals surface area contributed by atoms with Crippen molar-refractivity contribution in [3.63, 3.8) is 0 Å². The molecule has 1 atom stereocenters. The minimum atomic E-state index is 0. The van der Waals surface area contributed by atoms with Gasteiger partial charge in [-0.2, -0.15) is 0 Å². The minimum absolute atomic E-state index is 0. The fraction of sp³-hybridized carbons (Fsp3) is 0.941. The van der Waals surface area contributed by atoms with E-state index in [1.807, 2.05) is 0 Å². The Kier molecular flexibility index (Phi) is 9.37. The molecule has 2 fully saturated rings. The van der Waals surface area contributed by atoms with E-state index < -0.39 is 0 Å². The van der Waals surface area contributed by atoms with Crippen LogP contribution in [0.4, 0.5) is 0 Å². The van der Waals surface area contributed by atoms with E-state index in [4.69, 9.17) is 0 Å². The number of hydrogen-bond donors (Lipinski definition) is 1. The van der Waals surface area contributed by atoms with Gasteiger partial charge < -0.3 is 10.2 Å². The average Bonchev–Trinajstić information content (AvgIpc) is 3.03. The van der Waals surface area contributed by atoms with Crippen LogP contribution in [0, 0.1) is 0 Å². The number of hydrogen-bond acceptors (Lipinski definition) is 3. The lowest BCUT2D eigenvalue weighted by atomic mass is 9.94. The van der Waals surface area contributed by atoms with Crippen molar-refractivity contribution in [1.82, 2.24) is 15.1 Å². The molecule has 0 aromatic heterocycles. The Morgan fingerprint density at radius 2 is 1.82 bits per heavy atom. The first-order valence-electron chi connectivity index (χ1n) is 9.00. The lowest BCUT2D eigenvalue weighted by Gasteiger charge is -2.36. The molecule has 1 aliphatic heterocycles. The van der Waals surface area contributed by atoms with Crippen LogP contribution in [0.1, 0.15) is 58.8 Å². The van der Waals surface area contributed by atoms with Crippen molar-refractivity contribution < 1.29 is 4.79 Å². The van der Waals surface area contributed by atoms with Gasteiger partial charge in [0.25, 0.3) is 0 Å². The summed E-state index contributed by atoms with van der Waals surface area (Å²) in [7, 11) is 0. The fourth-order valence-corrected chi connectivity index (χ4v) is 3.92. The minimum Gasteiger partial charge on any atom is -0.339 e. The van der Waals surface area contributed by atoms with Crippen LogP contribution in [0.15, 0.2) is 0 Å². The predicted octanol–water partition coefficient (Wildman–Crippen LogP) is 2.66. The number of rotatable bonds is 7. The zero-order chi connectivity index (χ0) is 15.1. The standard InChI is InChI=1S/C17H33N3O.ClH/c1-3-12-19(16-10-11-18-13-16)14-17(21)20(4-2)15-8-6-5-7-9-15;/h15-16,18H,3-14H2,1-2H3;1H. The highest BCUT2D eigenvalue weighted by molar-refractivity contribution is 5.85. The normalized spacial score (nSPS) is 22.6. The largest absolute Gasteiger partial charge is 0.339 e. The maximum absolute atomic E-state index is 12.8. The molecular formula is C17H34ClN3O. The van der Waals surface area contributed by atoms with Crippen molar-refractivity contribution in [2.24, 2.45) is 0 Å². The van der Waals surface area contributed by atoms with Gasteiger partial charge in [0.1, 0.15) is 0 Å². The molecule has 5 heteroatoms. The van der Waals surface area contributed by atoms with Gasteiger partial charge in [-0.1, -0.05) is 26.2 Å². The van der Waals surface area contributed by atoms with E-state index >= 15 is 0 Å². The van der Waals surface area contributed by atoms with E-state index in [1.54, 1.807) is 0 Å². The lowest BCUT2D eigenvalue weighted by molar-refractivity contribution is -0.135. The molecule has 0 radical (unpaired) electrons. The molecule has 2 aliphatic rings. The number of halogens is 1. The highest BCUT2D eigenvalue weighted by Crippen LogP contribution is 2.23. The first kappa shape index (κ1) is 19.7. The summed E-state index contributed by atoms with van der Waals surface area (Å²) in [5, 5.41) is 3.42. The van der Waals surface area contributed by atoms with Crippen LogP contribution in [-0.4, -0.2) is 60.5 Å². The van der Waals surface area contributed by atoms with Gasteiger partial charge in [0, 0.05) is 25.2 Å².